The van der Waals surface area contributed by atoms with E-state index in [-0.39, 0.29) is 11.0 Å². The fourth-order valence-corrected chi connectivity index (χ4v) is 4.93. The summed E-state index contributed by atoms with van der Waals surface area (Å²) in [6, 6.07) is 16.6. The second-order valence-corrected chi connectivity index (χ2v) is 8.49. The van der Waals surface area contributed by atoms with Crippen molar-refractivity contribution in [3.8, 4) is 0 Å². The second kappa shape index (κ2) is 7.52. The Morgan fingerprint density at radius 1 is 1.21 bits per heavy atom. The van der Waals surface area contributed by atoms with Crippen LogP contribution in [0, 0.1) is 0 Å². The van der Waals surface area contributed by atoms with E-state index in [4.69, 9.17) is 0 Å². The molecule has 1 N–H and O–H groups in total. The summed E-state index contributed by atoms with van der Waals surface area (Å²) in [6.45, 7) is 2.13. The van der Waals surface area contributed by atoms with Crippen LogP contribution in [0.5, 0.6) is 0 Å². The van der Waals surface area contributed by atoms with Crippen molar-refractivity contribution in [1.82, 2.24) is 19.7 Å². The highest BCUT2D eigenvalue weighted by molar-refractivity contribution is 8.00. The largest absolute Gasteiger partial charge is 0.360 e. The maximum absolute atomic E-state index is 13.7. The molecule has 1 aliphatic rings. The van der Waals surface area contributed by atoms with E-state index < -0.39 is 0 Å². The van der Waals surface area contributed by atoms with Gasteiger partial charge in [0.1, 0.15) is 11.6 Å². The Bertz CT molecular complexity index is 1160. The van der Waals surface area contributed by atoms with Gasteiger partial charge in [0.2, 0.25) is 0 Å². The van der Waals surface area contributed by atoms with Crippen molar-refractivity contribution in [1.29, 1.82) is 0 Å². The molecule has 0 aliphatic heterocycles. The molecular formula is C23H22N4OS. The maximum Gasteiger partial charge on any atom is 0.192 e. The molecule has 6 heteroatoms. The van der Waals surface area contributed by atoms with E-state index in [1.807, 2.05) is 48.7 Å². The minimum Gasteiger partial charge on any atom is -0.360 e. The lowest BCUT2D eigenvalue weighted by Gasteiger charge is -2.16. The highest BCUT2D eigenvalue weighted by Gasteiger charge is 2.31. The standard InChI is InChI=1S/C23H22N4OS/c1-2-15-9-6-10-18-19(13-24-20(15)18)21(28)22(16-7-4-3-5-8-16)29-23-26-25-14-27(23)17-11-12-17/h3-10,13-14,17,22,24H,2,11-12H2,1H3. The Labute approximate surface area is 173 Å². The quantitative estimate of drug-likeness (QED) is 0.333. The molecule has 5 rings (SSSR count). The number of hydrogen-bond acceptors (Lipinski definition) is 4. The van der Waals surface area contributed by atoms with E-state index in [1.54, 1.807) is 6.33 Å². The first kappa shape index (κ1) is 18.2. The summed E-state index contributed by atoms with van der Waals surface area (Å²) in [4.78, 5) is 17.1. The van der Waals surface area contributed by atoms with Crippen LogP contribution < -0.4 is 0 Å². The van der Waals surface area contributed by atoms with Crippen molar-refractivity contribution in [2.45, 2.75) is 42.6 Å². The molecule has 2 aromatic carbocycles. The average Bonchev–Trinajstić information content (AvgIpc) is 3.34. The lowest BCUT2D eigenvalue weighted by atomic mass is 10.0. The minimum atomic E-state index is -0.373. The third-order valence-electron chi connectivity index (χ3n) is 5.49. The maximum atomic E-state index is 13.7. The summed E-state index contributed by atoms with van der Waals surface area (Å²) in [5, 5.41) is 9.83. The third-order valence-corrected chi connectivity index (χ3v) is 6.72. The lowest BCUT2D eigenvalue weighted by molar-refractivity contribution is 0.0991. The SMILES string of the molecule is CCc1cccc2c(C(=O)C(Sc3nncn3C3CC3)c3ccccc3)c[nH]c12. The number of aromatic amines is 1. The number of Topliss-reactive ketones (excluding diaryl/α,β-unsaturated/α-hetero) is 1. The van der Waals surface area contributed by atoms with Gasteiger partial charge >= 0.3 is 0 Å². The van der Waals surface area contributed by atoms with Gasteiger partial charge in [-0.1, -0.05) is 67.2 Å². The highest BCUT2D eigenvalue weighted by atomic mass is 32.2. The van der Waals surface area contributed by atoms with Crippen LogP contribution in [-0.4, -0.2) is 25.5 Å². The van der Waals surface area contributed by atoms with E-state index in [2.05, 4.69) is 32.7 Å². The number of benzene rings is 2. The summed E-state index contributed by atoms with van der Waals surface area (Å²) in [7, 11) is 0. The molecule has 1 aliphatic carbocycles. The van der Waals surface area contributed by atoms with Crippen molar-refractivity contribution < 1.29 is 4.79 Å². The summed E-state index contributed by atoms with van der Waals surface area (Å²) < 4.78 is 2.11. The number of nitrogens with one attached hydrogen (secondary N) is 1. The predicted molar refractivity (Wildman–Crippen MR) is 115 cm³/mol. The van der Waals surface area contributed by atoms with Gasteiger partial charge in [-0.05, 0) is 30.4 Å². The van der Waals surface area contributed by atoms with Gasteiger partial charge in [-0.15, -0.1) is 10.2 Å². The van der Waals surface area contributed by atoms with Crippen LogP contribution in [0.15, 0.2) is 66.2 Å². The average molecular weight is 403 g/mol. The van der Waals surface area contributed by atoms with Crippen molar-refractivity contribution >= 4 is 28.4 Å². The molecule has 2 aromatic heterocycles. The summed E-state index contributed by atoms with van der Waals surface area (Å²) in [5.74, 6) is 0.0889. The van der Waals surface area contributed by atoms with Gasteiger partial charge in [0.05, 0.1) is 0 Å². The van der Waals surface area contributed by atoms with E-state index >= 15 is 0 Å². The molecule has 0 amide bonds. The number of hydrogen-bond donors (Lipinski definition) is 1. The fraction of sp³-hybridized carbons (Fsp3) is 0.261. The molecule has 0 spiro atoms. The first-order valence-corrected chi connectivity index (χ1v) is 10.9. The number of H-pyrrole nitrogens is 1. The molecule has 1 atom stereocenters. The zero-order valence-corrected chi connectivity index (χ0v) is 17.0. The van der Waals surface area contributed by atoms with E-state index in [1.165, 1.54) is 17.3 Å². The monoisotopic (exact) mass is 402 g/mol. The summed E-state index contributed by atoms with van der Waals surface area (Å²) in [6.07, 6.45) is 6.86. The Kier molecular flexibility index (Phi) is 4.72. The molecule has 0 radical (unpaired) electrons. The molecule has 29 heavy (non-hydrogen) atoms. The minimum absolute atomic E-state index is 0.0889. The smallest absolute Gasteiger partial charge is 0.192 e. The molecule has 2 heterocycles. The number of nitrogens with zero attached hydrogens (tertiary/aromatic N) is 3. The Morgan fingerprint density at radius 2 is 2.03 bits per heavy atom. The number of rotatable bonds is 7. The van der Waals surface area contributed by atoms with Gasteiger partial charge in [-0.25, -0.2) is 0 Å². The molecule has 0 saturated heterocycles. The normalized spacial score (nSPS) is 14.9. The summed E-state index contributed by atoms with van der Waals surface area (Å²) >= 11 is 1.49. The molecule has 1 unspecified atom stereocenters. The number of aryl methyl sites for hydroxylation is 1. The van der Waals surface area contributed by atoms with Crippen LogP contribution in [0.25, 0.3) is 10.9 Å². The molecule has 0 bridgehead atoms. The third kappa shape index (κ3) is 3.38. The number of carbonyl (C=O) groups is 1. The van der Waals surface area contributed by atoms with E-state index in [0.29, 0.717) is 6.04 Å². The van der Waals surface area contributed by atoms with Crippen molar-refractivity contribution in [2.24, 2.45) is 0 Å². The van der Waals surface area contributed by atoms with Gasteiger partial charge in [0.15, 0.2) is 10.9 Å². The van der Waals surface area contributed by atoms with Crippen LogP contribution in [0.1, 0.15) is 52.5 Å². The predicted octanol–water partition coefficient (Wildman–Crippen LogP) is 5.37. The number of aromatic nitrogens is 4. The van der Waals surface area contributed by atoms with E-state index in [0.717, 1.165) is 46.4 Å². The molecule has 5 nitrogen and oxygen atoms in total. The van der Waals surface area contributed by atoms with Crippen molar-refractivity contribution in [3.63, 3.8) is 0 Å². The van der Waals surface area contributed by atoms with Crippen molar-refractivity contribution in [2.75, 3.05) is 0 Å². The highest BCUT2D eigenvalue weighted by Crippen LogP contribution is 2.42. The Balaban J connectivity index is 1.56. The molecule has 146 valence electrons. The van der Waals surface area contributed by atoms with E-state index in [9.17, 15) is 4.79 Å². The van der Waals surface area contributed by atoms with Gasteiger partial charge < -0.3 is 9.55 Å². The Hall–Kier alpha value is -2.86. The molecule has 4 aromatic rings. The van der Waals surface area contributed by atoms with Crippen LogP contribution >= 0.6 is 11.8 Å². The number of ketones is 1. The topological polar surface area (TPSA) is 63.6 Å². The second-order valence-electron chi connectivity index (χ2n) is 7.42. The lowest BCUT2D eigenvalue weighted by Crippen LogP contribution is -2.11. The van der Waals surface area contributed by atoms with Gasteiger partial charge in [-0.2, -0.15) is 0 Å². The number of thioether (sulfide) groups is 1. The number of fused-ring (bicyclic) bond motifs is 1. The fourth-order valence-electron chi connectivity index (χ4n) is 3.78. The first-order chi connectivity index (χ1) is 14.3. The van der Waals surface area contributed by atoms with Gasteiger partial charge in [-0.3, -0.25) is 4.79 Å². The zero-order chi connectivity index (χ0) is 19.8. The first-order valence-electron chi connectivity index (χ1n) is 10.0. The van der Waals surface area contributed by atoms with Gasteiger partial charge in [0, 0.05) is 28.7 Å². The number of para-hydroxylation sites is 1. The molecule has 1 fully saturated rings. The van der Waals surface area contributed by atoms with Crippen LogP contribution in [0.4, 0.5) is 0 Å². The molecule has 1 saturated carbocycles. The van der Waals surface area contributed by atoms with Crippen molar-refractivity contribution in [3.05, 3.63) is 77.7 Å². The van der Waals surface area contributed by atoms with Crippen LogP contribution in [0.3, 0.4) is 0 Å². The number of carbonyl (C=O) groups excluding carboxylic acids is 1. The van der Waals surface area contributed by atoms with Crippen LogP contribution in [-0.2, 0) is 6.42 Å². The van der Waals surface area contributed by atoms with Gasteiger partial charge in [0.25, 0.3) is 0 Å². The zero-order valence-electron chi connectivity index (χ0n) is 16.2. The summed E-state index contributed by atoms with van der Waals surface area (Å²) in [5.41, 5.74) is 3.98. The molecular weight excluding hydrogens is 380 g/mol. The Morgan fingerprint density at radius 3 is 2.79 bits per heavy atom. The van der Waals surface area contributed by atoms with Crippen LogP contribution in [0.2, 0.25) is 0 Å².